The van der Waals surface area contributed by atoms with Crippen molar-refractivity contribution in [1.82, 2.24) is 10.2 Å². The fraction of sp³-hybridized carbons (Fsp3) is 0.409. The van der Waals surface area contributed by atoms with E-state index in [9.17, 15) is 4.79 Å². The molecule has 1 amide bonds. The average Bonchev–Trinajstić information content (AvgIpc) is 2.74. The van der Waals surface area contributed by atoms with Crippen LogP contribution in [0.3, 0.4) is 0 Å². The summed E-state index contributed by atoms with van der Waals surface area (Å²) in [6.45, 7) is 0.461. The van der Waals surface area contributed by atoms with E-state index < -0.39 is 0 Å². The standard InChI is InChI=1S/C22H27ClN2O2S2/c1-25(2)20(18-6-3-4-7-19(18)23)14-24-21(26)15-27-17-10-8-16(9-11-17)22-28-12-5-13-29-22/h3-4,6-11,20,22H,5,12-15H2,1-2H3,(H,24,26)/t20-/m1/s1. The normalized spacial score (nSPS) is 15.9. The predicted octanol–water partition coefficient (Wildman–Crippen LogP) is 5.01. The quantitative estimate of drug-likeness (QED) is 0.612. The van der Waals surface area contributed by atoms with Crippen molar-refractivity contribution >= 4 is 41.0 Å². The smallest absolute Gasteiger partial charge is 0.258 e. The molecule has 2 aromatic rings. The zero-order valence-corrected chi connectivity index (χ0v) is 19.2. The Kier molecular flexibility index (Phi) is 8.60. The van der Waals surface area contributed by atoms with Crippen molar-refractivity contribution in [3.8, 4) is 5.75 Å². The van der Waals surface area contributed by atoms with Gasteiger partial charge >= 0.3 is 0 Å². The fourth-order valence-electron chi connectivity index (χ4n) is 3.13. The Morgan fingerprint density at radius 2 is 1.86 bits per heavy atom. The van der Waals surface area contributed by atoms with Crippen LogP contribution >= 0.6 is 35.1 Å². The van der Waals surface area contributed by atoms with Crippen LogP contribution in [0.15, 0.2) is 48.5 Å². The molecule has 7 heteroatoms. The maximum atomic E-state index is 12.3. The monoisotopic (exact) mass is 450 g/mol. The number of rotatable bonds is 8. The molecule has 1 aliphatic rings. The summed E-state index contributed by atoms with van der Waals surface area (Å²) in [6.07, 6.45) is 1.29. The topological polar surface area (TPSA) is 41.6 Å². The van der Waals surface area contributed by atoms with E-state index in [2.05, 4.69) is 17.4 Å². The lowest BCUT2D eigenvalue weighted by molar-refractivity contribution is -0.123. The van der Waals surface area contributed by atoms with Crippen LogP contribution in [-0.2, 0) is 4.79 Å². The molecule has 1 fully saturated rings. The van der Waals surface area contributed by atoms with Crippen molar-refractivity contribution in [2.45, 2.75) is 17.0 Å². The second kappa shape index (κ2) is 11.2. The first-order chi connectivity index (χ1) is 14.0. The van der Waals surface area contributed by atoms with E-state index in [-0.39, 0.29) is 18.6 Å². The predicted molar refractivity (Wildman–Crippen MR) is 125 cm³/mol. The minimum atomic E-state index is -0.147. The molecule has 1 heterocycles. The molecule has 0 unspecified atom stereocenters. The summed E-state index contributed by atoms with van der Waals surface area (Å²) in [5.41, 5.74) is 2.31. The highest BCUT2D eigenvalue weighted by Gasteiger charge is 2.18. The van der Waals surface area contributed by atoms with Crippen molar-refractivity contribution in [2.75, 3.05) is 38.8 Å². The molecule has 3 rings (SSSR count). The van der Waals surface area contributed by atoms with Gasteiger partial charge in [0.2, 0.25) is 0 Å². The summed E-state index contributed by atoms with van der Waals surface area (Å²) in [7, 11) is 3.95. The molecule has 0 saturated carbocycles. The number of likely N-dealkylation sites (N-methyl/N-ethyl adjacent to an activating group) is 1. The largest absolute Gasteiger partial charge is 0.484 e. The third-order valence-electron chi connectivity index (χ3n) is 4.73. The van der Waals surface area contributed by atoms with Gasteiger partial charge in [0.05, 0.1) is 10.6 Å². The van der Waals surface area contributed by atoms with Crippen LogP contribution in [-0.4, -0.2) is 49.6 Å². The molecule has 1 aliphatic heterocycles. The number of amides is 1. The van der Waals surface area contributed by atoms with Gasteiger partial charge < -0.3 is 15.0 Å². The molecule has 0 radical (unpaired) electrons. The van der Waals surface area contributed by atoms with E-state index in [1.165, 1.54) is 23.5 Å². The van der Waals surface area contributed by atoms with Gasteiger partial charge in [-0.15, -0.1) is 23.5 Å². The van der Waals surface area contributed by atoms with Gasteiger partial charge in [-0.25, -0.2) is 0 Å². The third kappa shape index (κ3) is 6.57. The zero-order chi connectivity index (χ0) is 20.6. The fourth-order valence-corrected chi connectivity index (χ4v) is 6.28. The number of hydrogen-bond donors (Lipinski definition) is 1. The van der Waals surface area contributed by atoms with Crippen molar-refractivity contribution in [1.29, 1.82) is 0 Å². The molecule has 0 aliphatic carbocycles. The van der Waals surface area contributed by atoms with E-state index >= 15 is 0 Å². The van der Waals surface area contributed by atoms with Crippen LogP contribution in [0.4, 0.5) is 0 Å². The lowest BCUT2D eigenvalue weighted by Crippen LogP contribution is -2.37. The number of carbonyl (C=O) groups is 1. The van der Waals surface area contributed by atoms with E-state index in [1.54, 1.807) is 0 Å². The molecule has 1 saturated heterocycles. The van der Waals surface area contributed by atoms with E-state index in [1.807, 2.05) is 78.9 Å². The van der Waals surface area contributed by atoms with Gasteiger partial charge in [-0.1, -0.05) is 41.9 Å². The molecular weight excluding hydrogens is 424 g/mol. The second-order valence-electron chi connectivity index (χ2n) is 7.09. The summed E-state index contributed by atoms with van der Waals surface area (Å²) in [5.74, 6) is 3.01. The van der Waals surface area contributed by atoms with Crippen molar-refractivity contribution in [2.24, 2.45) is 0 Å². The summed E-state index contributed by atoms with van der Waals surface area (Å²) in [6, 6.07) is 15.8. The molecule has 0 bridgehead atoms. The number of benzene rings is 2. The van der Waals surface area contributed by atoms with Crippen molar-refractivity contribution in [3.05, 3.63) is 64.7 Å². The van der Waals surface area contributed by atoms with Crippen LogP contribution in [0, 0.1) is 0 Å². The summed E-state index contributed by atoms with van der Waals surface area (Å²) < 4.78 is 6.18. The van der Waals surface area contributed by atoms with Crippen LogP contribution in [0.5, 0.6) is 5.75 Å². The average molecular weight is 451 g/mol. The lowest BCUT2D eigenvalue weighted by Gasteiger charge is -2.26. The Balaban J connectivity index is 1.48. The van der Waals surface area contributed by atoms with Crippen molar-refractivity contribution < 1.29 is 9.53 Å². The first-order valence-corrected chi connectivity index (χ1v) is 12.2. The van der Waals surface area contributed by atoms with E-state index in [0.29, 0.717) is 21.9 Å². The number of nitrogens with one attached hydrogen (secondary N) is 1. The highest BCUT2D eigenvalue weighted by molar-refractivity contribution is 8.16. The van der Waals surface area contributed by atoms with E-state index in [0.717, 1.165) is 5.56 Å². The van der Waals surface area contributed by atoms with Crippen LogP contribution < -0.4 is 10.1 Å². The number of carbonyl (C=O) groups excluding carboxylic acids is 1. The van der Waals surface area contributed by atoms with Gasteiger partial charge in [0.1, 0.15) is 5.75 Å². The second-order valence-corrected chi connectivity index (χ2v) is 10.2. The van der Waals surface area contributed by atoms with Gasteiger partial charge in [0, 0.05) is 11.6 Å². The van der Waals surface area contributed by atoms with Crippen LogP contribution in [0.1, 0.15) is 28.2 Å². The van der Waals surface area contributed by atoms with Gasteiger partial charge in [0.25, 0.3) is 5.91 Å². The molecular formula is C22H27ClN2O2S2. The Hall–Kier alpha value is -1.34. The highest BCUT2D eigenvalue weighted by Crippen LogP contribution is 2.43. The number of ether oxygens (including phenoxy) is 1. The summed E-state index contributed by atoms with van der Waals surface area (Å²) in [4.78, 5) is 14.3. The zero-order valence-electron chi connectivity index (χ0n) is 16.8. The Morgan fingerprint density at radius 3 is 2.52 bits per heavy atom. The molecule has 156 valence electrons. The van der Waals surface area contributed by atoms with Crippen LogP contribution in [0.25, 0.3) is 0 Å². The molecule has 0 aromatic heterocycles. The molecule has 1 atom stereocenters. The maximum Gasteiger partial charge on any atom is 0.258 e. The molecule has 1 N–H and O–H groups in total. The lowest BCUT2D eigenvalue weighted by atomic mass is 10.1. The minimum Gasteiger partial charge on any atom is -0.484 e. The van der Waals surface area contributed by atoms with Gasteiger partial charge in [-0.2, -0.15) is 0 Å². The first kappa shape index (κ1) is 22.3. The molecule has 4 nitrogen and oxygen atoms in total. The SMILES string of the molecule is CN(C)[C@H](CNC(=O)COc1ccc(C2SCCCS2)cc1)c1ccccc1Cl. The highest BCUT2D eigenvalue weighted by atomic mass is 35.5. The first-order valence-electron chi connectivity index (χ1n) is 9.68. The Morgan fingerprint density at radius 1 is 1.17 bits per heavy atom. The minimum absolute atomic E-state index is 0.00238. The molecule has 29 heavy (non-hydrogen) atoms. The summed E-state index contributed by atoms with van der Waals surface area (Å²) in [5, 5.41) is 3.65. The van der Waals surface area contributed by atoms with Gasteiger partial charge in [-0.3, -0.25) is 4.79 Å². The van der Waals surface area contributed by atoms with E-state index in [4.69, 9.17) is 16.3 Å². The molecule has 0 spiro atoms. The van der Waals surface area contributed by atoms with Crippen molar-refractivity contribution in [3.63, 3.8) is 0 Å². The van der Waals surface area contributed by atoms with Gasteiger partial charge in [0.15, 0.2) is 6.61 Å². The number of thioether (sulfide) groups is 2. The maximum absolute atomic E-state index is 12.3. The third-order valence-corrected chi connectivity index (χ3v) is 8.09. The summed E-state index contributed by atoms with van der Waals surface area (Å²) >= 11 is 10.3. The van der Waals surface area contributed by atoms with Crippen LogP contribution in [0.2, 0.25) is 5.02 Å². The number of hydrogen-bond acceptors (Lipinski definition) is 5. The number of halogens is 1. The molecule has 2 aromatic carbocycles. The van der Waals surface area contributed by atoms with Gasteiger partial charge in [-0.05, 0) is 61.3 Å². The Labute approximate surface area is 186 Å². The number of nitrogens with zero attached hydrogens (tertiary/aromatic N) is 1. The Bertz CT molecular complexity index is 796.